The van der Waals surface area contributed by atoms with Gasteiger partial charge in [-0.05, 0) is 43.0 Å². The summed E-state index contributed by atoms with van der Waals surface area (Å²) in [6.45, 7) is 4.15. The SMILES string of the molecule is CCC1CCC2(CC1)CN=C(N)N2Cc1cccs1. The monoisotopic (exact) mass is 277 g/mol. The Morgan fingerprint density at radius 2 is 2.26 bits per heavy atom. The van der Waals surface area contributed by atoms with Crippen LogP contribution in [0.2, 0.25) is 0 Å². The van der Waals surface area contributed by atoms with Gasteiger partial charge in [0.15, 0.2) is 5.96 Å². The molecule has 0 radical (unpaired) electrons. The molecule has 1 saturated carbocycles. The lowest BCUT2D eigenvalue weighted by molar-refractivity contribution is 0.110. The van der Waals surface area contributed by atoms with Crippen LogP contribution in [0.1, 0.15) is 43.9 Å². The molecule has 1 aliphatic heterocycles. The van der Waals surface area contributed by atoms with Crippen molar-refractivity contribution in [3.8, 4) is 0 Å². The van der Waals surface area contributed by atoms with Crippen molar-refractivity contribution in [2.24, 2.45) is 16.6 Å². The molecule has 0 aromatic carbocycles. The van der Waals surface area contributed by atoms with Crippen molar-refractivity contribution in [3.05, 3.63) is 22.4 Å². The highest BCUT2D eigenvalue weighted by molar-refractivity contribution is 7.09. The van der Waals surface area contributed by atoms with Crippen LogP contribution in [-0.4, -0.2) is 22.9 Å². The van der Waals surface area contributed by atoms with Gasteiger partial charge >= 0.3 is 0 Å². The molecule has 0 unspecified atom stereocenters. The molecule has 2 aliphatic rings. The van der Waals surface area contributed by atoms with Crippen LogP contribution >= 0.6 is 11.3 Å². The van der Waals surface area contributed by atoms with Gasteiger partial charge in [0.25, 0.3) is 0 Å². The zero-order chi connectivity index (χ0) is 13.3. The zero-order valence-corrected chi connectivity index (χ0v) is 12.5. The molecule has 0 atom stereocenters. The lowest BCUT2D eigenvalue weighted by Crippen LogP contribution is -2.52. The van der Waals surface area contributed by atoms with Gasteiger partial charge in [-0.15, -0.1) is 11.3 Å². The van der Waals surface area contributed by atoms with Crippen LogP contribution in [0.5, 0.6) is 0 Å². The van der Waals surface area contributed by atoms with Gasteiger partial charge in [-0.3, -0.25) is 4.99 Å². The third-order valence-corrected chi connectivity index (χ3v) is 5.75. The van der Waals surface area contributed by atoms with Gasteiger partial charge in [0.2, 0.25) is 0 Å². The predicted octanol–water partition coefficient (Wildman–Crippen LogP) is 3.22. The van der Waals surface area contributed by atoms with Gasteiger partial charge in [0, 0.05) is 4.88 Å². The number of aliphatic imine (C=N–C) groups is 1. The van der Waals surface area contributed by atoms with E-state index >= 15 is 0 Å². The van der Waals surface area contributed by atoms with E-state index in [-0.39, 0.29) is 5.54 Å². The van der Waals surface area contributed by atoms with Gasteiger partial charge in [-0.2, -0.15) is 0 Å². The topological polar surface area (TPSA) is 41.6 Å². The van der Waals surface area contributed by atoms with E-state index in [4.69, 9.17) is 5.73 Å². The molecule has 1 aliphatic carbocycles. The van der Waals surface area contributed by atoms with E-state index in [0.717, 1.165) is 25.0 Å². The second-order valence-electron chi connectivity index (χ2n) is 5.92. The first kappa shape index (κ1) is 13.0. The Labute approximate surface area is 119 Å². The van der Waals surface area contributed by atoms with Crippen LogP contribution < -0.4 is 5.73 Å². The Bertz CT molecular complexity index is 444. The molecule has 3 nitrogen and oxygen atoms in total. The van der Waals surface area contributed by atoms with Crippen molar-refractivity contribution in [1.29, 1.82) is 0 Å². The Hall–Kier alpha value is -1.03. The largest absolute Gasteiger partial charge is 0.370 e. The average molecular weight is 277 g/mol. The van der Waals surface area contributed by atoms with Crippen molar-refractivity contribution in [2.75, 3.05) is 6.54 Å². The number of hydrogen-bond donors (Lipinski definition) is 1. The number of nitrogens with zero attached hydrogens (tertiary/aromatic N) is 2. The molecule has 0 saturated heterocycles. The van der Waals surface area contributed by atoms with Crippen molar-refractivity contribution >= 4 is 17.3 Å². The Kier molecular flexibility index (Phi) is 3.52. The van der Waals surface area contributed by atoms with Crippen LogP contribution in [0.15, 0.2) is 22.5 Å². The first-order valence-corrected chi connectivity index (χ1v) is 8.21. The van der Waals surface area contributed by atoms with E-state index in [9.17, 15) is 0 Å². The van der Waals surface area contributed by atoms with E-state index in [1.54, 1.807) is 0 Å². The quantitative estimate of drug-likeness (QED) is 0.921. The second kappa shape index (κ2) is 5.16. The van der Waals surface area contributed by atoms with Crippen LogP contribution in [0.3, 0.4) is 0 Å². The second-order valence-corrected chi connectivity index (χ2v) is 6.95. The zero-order valence-electron chi connectivity index (χ0n) is 11.6. The molecule has 3 rings (SSSR count). The van der Waals surface area contributed by atoms with Crippen LogP contribution in [-0.2, 0) is 6.54 Å². The van der Waals surface area contributed by atoms with Gasteiger partial charge in [0.05, 0.1) is 18.6 Å². The number of rotatable bonds is 3. The maximum Gasteiger partial charge on any atom is 0.192 e. The summed E-state index contributed by atoms with van der Waals surface area (Å²) in [6.07, 6.45) is 6.49. The summed E-state index contributed by atoms with van der Waals surface area (Å²) in [5.74, 6) is 1.67. The maximum atomic E-state index is 6.15. The molecule has 19 heavy (non-hydrogen) atoms. The molecular weight excluding hydrogens is 254 g/mol. The summed E-state index contributed by atoms with van der Waals surface area (Å²) < 4.78 is 0. The summed E-state index contributed by atoms with van der Waals surface area (Å²) >= 11 is 1.81. The summed E-state index contributed by atoms with van der Waals surface area (Å²) in [4.78, 5) is 8.32. The van der Waals surface area contributed by atoms with Gasteiger partial charge in [-0.25, -0.2) is 0 Å². The first-order chi connectivity index (χ1) is 9.23. The smallest absolute Gasteiger partial charge is 0.192 e. The number of hydrogen-bond acceptors (Lipinski definition) is 4. The van der Waals surface area contributed by atoms with Crippen LogP contribution in [0.4, 0.5) is 0 Å². The number of guanidine groups is 1. The molecule has 0 amide bonds. The van der Waals surface area contributed by atoms with Gasteiger partial charge in [-0.1, -0.05) is 19.4 Å². The minimum atomic E-state index is 0.222. The summed E-state index contributed by atoms with van der Waals surface area (Å²) in [7, 11) is 0. The van der Waals surface area contributed by atoms with Crippen LogP contribution in [0, 0.1) is 5.92 Å². The summed E-state index contributed by atoms with van der Waals surface area (Å²) in [5.41, 5.74) is 6.37. The minimum absolute atomic E-state index is 0.222. The molecule has 1 fully saturated rings. The molecule has 0 bridgehead atoms. The van der Waals surface area contributed by atoms with E-state index in [0.29, 0.717) is 0 Å². The fraction of sp³-hybridized carbons (Fsp3) is 0.667. The molecule has 2 N–H and O–H groups in total. The number of thiophene rings is 1. The molecule has 1 aromatic heterocycles. The first-order valence-electron chi connectivity index (χ1n) is 7.33. The van der Waals surface area contributed by atoms with Gasteiger partial charge in [0.1, 0.15) is 0 Å². The van der Waals surface area contributed by atoms with E-state index in [1.807, 2.05) is 11.3 Å². The molecule has 4 heteroatoms. The van der Waals surface area contributed by atoms with E-state index in [2.05, 4.69) is 34.3 Å². The highest BCUT2D eigenvalue weighted by Crippen LogP contribution is 2.41. The molecule has 1 aromatic rings. The van der Waals surface area contributed by atoms with E-state index in [1.165, 1.54) is 37.0 Å². The normalized spacial score (nSPS) is 30.9. The molecular formula is C15H23N3S. The third-order valence-electron chi connectivity index (χ3n) is 4.89. The Morgan fingerprint density at radius 1 is 1.47 bits per heavy atom. The van der Waals surface area contributed by atoms with Crippen molar-refractivity contribution < 1.29 is 0 Å². The van der Waals surface area contributed by atoms with Crippen molar-refractivity contribution in [1.82, 2.24) is 4.90 Å². The van der Waals surface area contributed by atoms with Crippen molar-refractivity contribution in [3.63, 3.8) is 0 Å². The fourth-order valence-corrected chi connectivity index (χ4v) is 4.19. The van der Waals surface area contributed by atoms with Crippen LogP contribution in [0.25, 0.3) is 0 Å². The summed E-state index contributed by atoms with van der Waals surface area (Å²) in [5, 5.41) is 2.14. The highest BCUT2D eigenvalue weighted by atomic mass is 32.1. The molecule has 2 heterocycles. The predicted molar refractivity (Wildman–Crippen MR) is 81.3 cm³/mol. The lowest BCUT2D eigenvalue weighted by Gasteiger charge is -2.44. The average Bonchev–Trinajstić information content (AvgIpc) is 3.04. The molecule has 1 spiro atoms. The van der Waals surface area contributed by atoms with Gasteiger partial charge < -0.3 is 10.6 Å². The standard InChI is InChI=1S/C15H23N3S/c1-2-12-5-7-15(8-6-12)11-17-14(16)18(15)10-13-4-3-9-19-13/h3-4,9,12H,2,5-8,10-11H2,1H3,(H2,16,17). The number of nitrogens with two attached hydrogens (primary N) is 1. The third kappa shape index (κ3) is 2.38. The minimum Gasteiger partial charge on any atom is -0.370 e. The Morgan fingerprint density at radius 3 is 2.89 bits per heavy atom. The highest BCUT2D eigenvalue weighted by Gasteiger charge is 2.44. The Balaban J connectivity index is 1.74. The van der Waals surface area contributed by atoms with Crippen molar-refractivity contribution in [2.45, 2.75) is 51.1 Å². The molecule has 104 valence electrons. The summed E-state index contributed by atoms with van der Waals surface area (Å²) in [6, 6.07) is 4.31. The fourth-order valence-electron chi connectivity index (χ4n) is 3.50. The lowest BCUT2D eigenvalue weighted by atomic mass is 9.75. The van der Waals surface area contributed by atoms with E-state index < -0.39 is 0 Å². The maximum absolute atomic E-state index is 6.15.